The second-order valence-corrected chi connectivity index (χ2v) is 6.63. The molecule has 1 aromatic rings. The number of hydrogen-bond donors (Lipinski definition) is 2. The van der Waals surface area contributed by atoms with Crippen molar-refractivity contribution < 1.29 is 4.79 Å². The van der Waals surface area contributed by atoms with Crippen molar-refractivity contribution in [1.29, 1.82) is 0 Å². The first-order valence-electron chi connectivity index (χ1n) is 7.33. The van der Waals surface area contributed by atoms with Gasteiger partial charge in [-0.1, -0.05) is 20.8 Å². The minimum Gasteiger partial charge on any atom is -0.347 e. The lowest BCUT2D eigenvalue weighted by atomic mass is 9.61. The number of H-pyrrole nitrogens is 1. The lowest BCUT2D eigenvalue weighted by molar-refractivity contribution is -0.142. The lowest BCUT2D eigenvalue weighted by Gasteiger charge is -2.46. The third-order valence-corrected chi connectivity index (χ3v) is 5.12. The average Bonchev–Trinajstić information content (AvgIpc) is 2.88. The zero-order valence-corrected chi connectivity index (χ0v) is 12.9. The molecule has 0 bridgehead atoms. The summed E-state index contributed by atoms with van der Waals surface area (Å²) < 4.78 is 0. The number of nitrogens with two attached hydrogens (primary N) is 1. The Labute approximate surface area is 120 Å². The molecule has 3 N–H and O–H groups in total. The Morgan fingerprint density at radius 1 is 1.55 bits per heavy atom. The molecule has 2 rings (SSSR count). The van der Waals surface area contributed by atoms with E-state index in [-0.39, 0.29) is 23.3 Å². The minimum atomic E-state index is -0.0633. The third kappa shape index (κ3) is 2.73. The molecule has 0 radical (unpaired) electrons. The van der Waals surface area contributed by atoms with Gasteiger partial charge in [-0.15, -0.1) is 0 Å². The maximum Gasteiger partial charge on any atom is 0.226 e. The van der Waals surface area contributed by atoms with Crippen molar-refractivity contribution in [2.45, 2.75) is 46.2 Å². The number of nitrogens with zero attached hydrogens (tertiary/aromatic N) is 2. The van der Waals surface area contributed by atoms with Crippen molar-refractivity contribution in [1.82, 2.24) is 14.9 Å². The Bertz CT molecular complexity index is 454. The fraction of sp³-hybridized carbons (Fsp3) is 0.733. The highest BCUT2D eigenvalue weighted by Crippen LogP contribution is 2.45. The smallest absolute Gasteiger partial charge is 0.226 e. The monoisotopic (exact) mass is 278 g/mol. The number of carbonyl (C=O) groups excluding carboxylic acids is 1. The van der Waals surface area contributed by atoms with Gasteiger partial charge in [0.1, 0.15) is 5.82 Å². The molecule has 3 unspecified atom stereocenters. The first kappa shape index (κ1) is 15.0. The van der Waals surface area contributed by atoms with Crippen LogP contribution in [0.25, 0.3) is 0 Å². The van der Waals surface area contributed by atoms with Crippen LogP contribution in [-0.2, 0) is 11.3 Å². The quantitative estimate of drug-likeness (QED) is 0.884. The maximum atomic E-state index is 12.7. The molecule has 1 saturated carbocycles. The largest absolute Gasteiger partial charge is 0.347 e. The van der Waals surface area contributed by atoms with Crippen LogP contribution in [0, 0.1) is 17.3 Å². The van der Waals surface area contributed by atoms with Crippen LogP contribution in [0.3, 0.4) is 0 Å². The Kier molecular flexibility index (Phi) is 4.18. The molecule has 1 amide bonds. The van der Waals surface area contributed by atoms with Crippen molar-refractivity contribution in [3.63, 3.8) is 0 Å². The molecule has 112 valence electrons. The zero-order valence-electron chi connectivity index (χ0n) is 12.9. The summed E-state index contributed by atoms with van der Waals surface area (Å²) >= 11 is 0. The summed E-state index contributed by atoms with van der Waals surface area (Å²) in [4.78, 5) is 21.7. The maximum absolute atomic E-state index is 12.7. The van der Waals surface area contributed by atoms with Crippen LogP contribution in [0.15, 0.2) is 12.4 Å². The van der Waals surface area contributed by atoms with Gasteiger partial charge in [0, 0.05) is 31.4 Å². The summed E-state index contributed by atoms with van der Waals surface area (Å²) in [6, 6.07) is 0.199. The number of amides is 1. The number of aromatic amines is 1. The Morgan fingerprint density at radius 2 is 2.25 bits per heavy atom. The molecule has 1 fully saturated rings. The summed E-state index contributed by atoms with van der Waals surface area (Å²) in [6.07, 6.45) is 5.29. The molecule has 1 heterocycles. The standard InChI is InChI=1S/C15H26N4O/c1-10-12(16)6-5-11(15(10,2)3)14(20)19(4)9-13-17-7-8-18-13/h7-8,10-12H,5-6,9,16H2,1-4H3,(H,17,18). The lowest BCUT2D eigenvalue weighted by Crippen LogP contribution is -2.51. The fourth-order valence-electron chi connectivity index (χ4n) is 3.24. The van der Waals surface area contributed by atoms with Crippen molar-refractivity contribution >= 4 is 5.91 Å². The normalized spacial score (nSPS) is 29.1. The van der Waals surface area contributed by atoms with E-state index in [0.717, 1.165) is 18.7 Å². The van der Waals surface area contributed by atoms with Crippen molar-refractivity contribution in [3.05, 3.63) is 18.2 Å². The zero-order chi connectivity index (χ0) is 14.9. The molecule has 0 aromatic carbocycles. The number of aromatic nitrogens is 2. The number of nitrogens with one attached hydrogen (secondary N) is 1. The van der Waals surface area contributed by atoms with E-state index in [1.165, 1.54) is 0 Å². The Morgan fingerprint density at radius 3 is 2.85 bits per heavy atom. The fourth-order valence-corrected chi connectivity index (χ4v) is 3.24. The Hall–Kier alpha value is -1.36. The van der Waals surface area contributed by atoms with Crippen molar-refractivity contribution in [2.24, 2.45) is 23.0 Å². The molecule has 20 heavy (non-hydrogen) atoms. The number of hydrogen-bond acceptors (Lipinski definition) is 3. The highest BCUT2D eigenvalue weighted by Gasteiger charge is 2.45. The molecule has 0 spiro atoms. The molecule has 1 aromatic heterocycles. The van der Waals surface area contributed by atoms with E-state index in [4.69, 9.17) is 5.73 Å². The van der Waals surface area contributed by atoms with Gasteiger partial charge in [-0.05, 0) is 24.2 Å². The predicted molar refractivity (Wildman–Crippen MR) is 78.7 cm³/mol. The highest BCUT2D eigenvalue weighted by molar-refractivity contribution is 5.79. The van der Waals surface area contributed by atoms with Gasteiger partial charge in [0.05, 0.1) is 6.54 Å². The van der Waals surface area contributed by atoms with Crippen LogP contribution in [0.1, 0.15) is 39.4 Å². The summed E-state index contributed by atoms with van der Waals surface area (Å²) in [5, 5.41) is 0. The van der Waals surface area contributed by atoms with Crippen LogP contribution in [0.2, 0.25) is 0 Å². The molecule has 0 saturated heterocycles. The number of carbonyl (C=O) groups is 1. The van der Waals surface area contributed by atoms with Crippen LogP contribution < -0.4 is 5.73 Å². The molecule has 5 heteroatoms. The first-order chi connectivity index (χ1) is 9.34. The van der Waals surface area contributed by atoms with Crippen LogP contribution >= 0.6 is 0 Å². The summed E-state index contributed by atoms with van der Waals surface area (Å²) in [5.74, 6) is 1.41. The van der Waals surface area contributed by atoms with E-state index >= 15 is 0 Å². The third-order valence-electron chi connectivity index (χ3n) is 5.12. The number of rotatable bonds is 3. The summed E-state index contributed by atoms with van der Waals surface area (Å²) in [7, 11) is 1.85. The second kappa shape index (κ2) is 5.56. The predicted octanol–water partition coefficient (Wildman–Crippen LogP) is 1.77. The van der Waals surface area contributed by atoms with E-state index < -0.39 is 0 Å². The molecular weight excluding hydrogens is 252 g/mol. The van der Waals surface area contributed by atoms with Gasteiger partial charge in [0.25, 0.3) is 0 Å². The molecule has 0 aliphatic heterocycles. The minimum absolute atomic E-state index is 0.0391. The van der Waals surface area contributed by atoms with E-state index in [1.54, 1.807) is 17.3 Å². The van der Waals surface area contributed by atoms with E-state index in [9.17, 15) is 4.79 Å². The topological polar surface area (TPSA) is 75.0 Å². The summed E-state index contributed by atoms with van der Waals surface area (Å²) in [6.45, 7) is 7.02. The van der Waals surface area contributed by atoms with Gasteiger partial charge in [-0.25, -0.2) is 4.98 Å². The highest BCUT2D eigenvalue weighted by atomic mass is 16.2. The molecular formula is C15H26N4O. The van der Waals surface area contributed by atoms with E-state index in [2.05, 4.69) is 30.7 Å². The van der Waals surface area contributed by atoms with Crippen molar-refractivity contribution in [3.8, 4) is 0 Å². The molecule has 5 nitrogen and oxygen atoms in total. The molecule has 1 aliphatic rings. The first-order valence-corrected chi connectivity index (χ1v) is 7.33. The van der Waals surface area contributed by atoms with Gasteiger partial charge in [0.15, 0.2) is 0 Å². The van der Waals surface area contributed by atoms with E-state index in [1.807, 2.05) is 7.05 Å². The molecule has 1 aliphatic carbocycles. The van der Waals surface area contributed by atoms with Crippen molar-refractivity contribution in [2.75, 3.05) is 7.05 Å². The van der Waals surface area contributed by atoms with Crippen LogP contribution in [0.4, 0.5) is 0 Å². The van der Waals surface area contributed by atoms with Crippen LogP contribution in [-0.4, -0.2) is 33.9 Å². The number of imidazole rings is 1. The SMILES string of the molecule is CC1C(N)CCC(C(=O)N(C)Cc2ncc[nH]2)C1(C)C. The average molecular weight is 278 g/mol. The Balaban J connectivity index is 2.08. The van der Waals surface area contributed by atoms with Gasteiger partial charge in [0.2, 0.25) is 5.91 Å². The second-order valence-electron chi connectivity index (χ2n) is 6.63. The molecule has 3 atom stereocenters. The van der Waals surface area contributed by atoms with E-state index in [0.29, 0.717) is 12.5 Å². The van der Waals surface area contributed by atoms with Crippen LogP contribution in [0.5, 0.6) is 0 Å². The van der Waals surface area contributed by atoms with Gasteiger partial charge in [-0.2, -0.15) is 0 Å². The van der Waals surface area contributed by atoms with Gasteiger partial charge in [-0.3, -0.25) is 4.79 Å². The summed E-state index contributed by atoms with van der Waals surface area (Å²) in [5.41, 5.74) is 6.10. The van der Waals surface area contributed by atoms with Gasteiger partial charge < -0.3 is 15.6 Å². The van der Waals surface area contributed by atoms with Gasteiger partial charge >= 0.3 is 0 Å².